The van der Waals surface area contributed by atoms with Gasteiger partial charge in [0.05, 0.1) is 18.8 Å². The number of aromatic amines is 1. The lowest BCUT2D eigenvalue weighted by Crippen LogP contribution is -2.49. The maximum atomic E-state index is 12.6. The van der Waals surface area contributed by atoms with E-state index in [1.165, 1.54) is 6.07 Å². The van der Waals surface area contributed by atoms with Gasteiger partial charge in [-0.15, -0.1) is 0 Å². The lowest BCUT2D eigenvalue weighted by Gasteiger charge is -2.29. The van der Waals surface area contributed by atoms with Gasteiger partial charge in [-0.25, -0.2) is 13.4 Å². The molecule has 0 saturated carbocycles. The lowest BCUT2D eigenvalue weighted by molar-refractivity contribution is -0.124. The summed E-state index contributed by atoms with van der Waals surface area (Å²) in [6.07, 6.45) is 3.12. The molecule has 26 heavy (non-hydrogen) atoms. The maximum absolute atomic E-state index is 12.6. The fourth-order valence-electron chi connectivity index (χ4n) is 3.41. The number of amides is 1. The lowest BCUT2D eigenvalue weighted by atomic mass is 9.97. The van der Waals surface area contributed by atoms with Crippen LogP contribution in [0.25, 0.3) is 0 Å². The molecule has 2 N–H and O–H groups in total. The number of nitrogens with zero attached hydrogens (tertiary/aromatic N) is 1. The van der Waals surface area contributed by atoms with Gasteiger partial charge in [0.2, 0.25) is 5.91 Å². The predicted molar refractivity (Wildman–Crippen MR) is 91.4 cm³/mol. The minimum Gasteiger partial charge on any atom is -0.487 e. The number of benzene rings is 1. The van der Waals surface area contributed by atoms with Crippen molar-refractivity contribution in [3.63, 3.8) is 0 Å². The van der Waals surface area contributed by atoms with Crippen molar-refractivity contribution in [3.05, 3.63) is 42.5 Å². The molecule has 8 nitrogen and oxygen atoms in total. The third-order valence-corrected chi connectivity index (χ3v) is 6.47. The summed E-state index contributed by atoms with van der Waals surface area (Å²) in [6, 6.07) is 6.48. The molecule has 4 rings (SSSR count). The highest BCUT2D eigenvalue weighted by atomic mass is 32.2. The van der Waals surface area contributed by atoms with Gasteiger partial charge >= 0.3 is 0 Å². The Morgan fingerprint density at radius 3 is 2.96 bits per heavy atom. The number of H-pyrrole nitrogens is 1. The summed E-state index contributed by atoms with van der Waals surface area (Å²) >= 11 is 0. The second kappa shape index (κ2) is 6.40. The fraction of sp³-hybridized carbons (Fsp3) is 0.412. The van der Waals surface area contributed by atoms with Gasteiger partial charge in [-0.1, -0.05) is 12.1 Å². The number of ether oxygens (including phenoxy) is 2. The van der Waals surface area contributed by atoms with Crippen molar-refractivity contribution in [1.29, 1.82) is 0 Å². The first-order valence-electron chi connectivity index (χ1n) is 8.36. The van der Waals surface area contributed by atoms with Crippen LogP contribution in [0.4, 0.5) is 0 Å². The molecule has 2 unspecified atom stereocenters. The van der Waals surface area contributed by atoms with Gasteiger partial charge in [0.1, 0.15) is 28.1 Å². The highest BCUT2D eigenvalue weighted by molar-refractivity contribution is 7.91. The van der Waals surface area contributed by atoms with Crippen LogP contribution in [0.2, 0.25) is 0 Å². The summed E-state index contributed by atoms with van der Waals surface area (Å²) in [5.41, 5.74) is -0.716. The van der Waals surface area contributed by atoms with Gasteiger partial charge in [0, 0.05) is 25.4 Å². The van der Waals surface area contributed by atoms with E-state index in [-0.39, 0.29) is 23.0 Å². The minimum absolute atomic E-state index is 0.0595. The number of sulfone groups is 1. The highest BCUT2D eigenvalue weighted by Gasteiger charge is 2.41. The molecule has 0 aliphatic carbocycles. The second-order valence-electron chi connectivity index (χ2n) is 6.54. The molecule has 2 aliphatic rings. The van der Waals surface area contributed by atoms with Crippen LogP contribution >= 0.6 is 0 Å². The molecule has 0 bridgehead atoms. The summed E-state index contributed by atoms with van der Waals surface area (Å²) in [5.74, 6) is 0.403. The Hall–Kier alpha value is -2.39. The molecule has 9 heteroatoms. The number of carbonyl (C=O) groups excluding carboxylic acids is 1. The van der Waals surface area contributed by atoms with Crippen LogP contribution in [0, 0.1) is 0 Å². The van der Waals surface area contributed by atoms with Crippen LogP contribution in [-0.4, -0.2) is 49.4 Å². The van der Waals surface area contributed by atoms with Gasteiger partial charge < -0.3 is 19.8 Å². The molecule has 2 aromatic rings. The molecular formula is C17H19N3O5S. The zero-order chi connectivity index (χ0) is 18.2. The number of hydrogen-bond donors (Lipinski definition) is 2. The van der Waals surface area contributed by atoms with Crippen molar-refractivity contribution < 1.29 is 22.7 Å². The first-order chi connectivity index (χ1) is 12.5. The van der Waals surface area contributed by atoms with Gasteiger partial charge in [-0.05, 0) is 12.1 Å². The van der Waals surface area contributed by atoms with Crippen LogP contribution in [0.15, 0.2) is 41.6 Å². The number of hydrogen-bond acceptors (Lipinski definition) is 6. The zero-order valence-corrected chi connectivity index (χ0v) is 14.8. The van der Waals surface area contributed by atoms with Crippen LogP contribution in [0.3, 0.4) is 0 Å². The number of rotatable bonds is 4. The number of fused-ring (bicyclic) bond motifs is 1. The Morgan fingerprint density at radius 1 is 1.38 bits per heavy atom. The van der Waals surface area contributed by atoms with Gasteiger partial charge in [0.15, 0.2) is 9.84 Å². The van der Waals surface area contributed by atoms with E-state index in [2.05, 4.69) is 15.3 Å². The zero-order valence-electron chi connectivity index (χ0n) is 14.0. The van der Waals surface area contributed by atoms with Crippen LogP contribution in [-0.2, 0) is 24.9 Å². The Kier molecular flexibility index (Phi) is 4.20. The van der Waals surface area contributed by atoms with E-state index in [1.807, 2.05) is 0 Å². The SMILES string of the molecule is O=C(CC1CS(=O)(=O)c2ccccc2O1)NC1(c2ncc[nH]2)CCOC1. The summed E-state index contributed by atoms with van der Waals surface area (Å²) in [7, 11) is -3.47. The summed E-state index contributed by atoms with van der Waals surface area (Å²) in [5, 5.41) is 2.96. The molecule has 1 saturated heterocycles. The van der Waals surface area contributed by atoms with E-state index in [0.29, 0.717) is 31.2 Å². The molecule has 1 aromatic carbocycles. The van der Waals surface area contributed by atoms with Crippen molar-refractivity contribution in [2.45, 2.75) is 29.4 Å². The summed E-state index contributed by atoms with van der Waals surface area (Å²) in [4.78, 5) is 20.0. The largest absolute Gasteiger partial charge is 0.487 e. The molecular weight excluding hydrogens is 358 g/mol. The number of nitrogens with one attached hydrogen (secondary N) is 2. The van der Waals surface area contributed by atoms with Gasteiger partial charge in [-0.2, -0.15) is 0 Å². The van der Waals surface area contributed by atoms with Gasteiger partial charge in [0.25, 0.3) is 0 Å². The van der Waals surface area contributed by atoms with E-state index in [1.54, 1.807) is 30.6 Å². The van der Waals surface area contributed by atoms with Crippen molar-refractivity contribution in [2.24, 2.45) is 0 Å². The van der Waals surface area contributed by atoms with Crippen LogP contribution < -0.4 is 10.1 Å². The average Bonchev–Trinajstić information content (AvgIpc) is 3.26. The Labute approximate surface area is 150 Å². The quantitative estimate of drug-likeness (QED) is 0.814. The molecule has 2 aliphatic heterocycles. The topological polar surface area (TPSA) is 110 Å². The number of carbonyl (C=O) groups is 1. The maximum Gasteiger partial charge on any atom is 0.224 e. The van der Waals surface area contributed by atoms with E-state index in [4.69, 9.17) is 9.47 Å². The molecule has 1 aromatic heterocycles. The first kappa shape index (κ1) is 17.0. The average molecular weight is 377 g/mol. The Morgan fingerprint density at radius 2 is 2.23 bits per heavy atom. The highest BCUT2D eigenvalue weighted by Crippen LogP contribution is 2.32. The smallest absolute Gasteiger partial charge is 0.224 e. The molecule has 3 heterocycles. The normalized spacial score (nSPS) is 26.7. The summed E-state index contributed by atoms with van der Waals surface area (Å²) < 4.78 is 36.0. The number of imidazole rings is 1. The Balaban J connectivity index is 1.49. The van der Waals surface area contributed by atoms with Crippen LogP contribution in [0.1, 0.15) is 18.7 Å². The monoisotopic (exact) mass is 377 g/mol. The minimum atomic E-state index is -3.47. The Bertz CT molecular complexity index is 904. The summed E-state index contributed by atoms with van der Waals surface area (Å²) in [6.45, 7) is 0.835. The number of aromatic nitrogens is 2. The first-order valence-corrected chi connectivity index (χ1v) is 10.0. The third kappa shape index (κ3) is 3.08. The van der Waals surface area contributed by atoms with Crippen molar-refractivity contribution in [2.75, 3.05) is 19.0 Å². The number of para-hydroxylation sites is 1. The molecule has 0 radical (unpaired) electrons. The van der Waals surface area contributed by atoms with E-state index in [9.17, 15) is 13.2 Å². The molecule has 0 spiro atoms. The van der Waals surface area contributed by atoms with Gasteiger partial charge in [-0.3, -0.25) is 4.79 Å². The van der Waals surface area contributed by atoms with Crippen molar-refractivity contribution >= 4 is 15.7 Å². The van der Waals surface area contributed by atoms with E-state index in [0.717, 1.165) is 0 Å². The second-order valence-corrected chi connectivity index (χ2v) is 8.55. The van der Waals surface area contributed by atoms with E-state index >= 15 is 0 Å². The van der Waals surface area contributed by atoms with Crippen molar-refractivity contribution in [1.82, 2.24) is 15.3 Å². The van der Waals surface area contributed by atoms with Crippen molar-refractivity contribution in [3.8, 4) is 5.75 Å². The fourth-order valence-corrected chi connectivity index (χ4v) is 4.98. The van der Waals surface area contributed by atoms with Crippen LogP contribution in [0.5, 0.6) is 5.75 Å². The predicted octanol–water partition coefficient (Wildman–Crippen LogP) is 0.766. The molecule has 2 atom stereocenters. The standard InChI is InChI=1S/C17H19N3O5S/c21-15(20-17(5-8-24-11-17)16-18-6-7-19-16)9-12-10-26(22,23)14-4-2-1-3-13(14)25-12/h1-4,6-7,12H,5,8-11H2,(H,18,19)(H,20,21). The third-order valence-electron chi connectivity index (χ3n) is 4.65. The molecule has 1 amide bonds. The van der Waals surface area contributed by atoms with E-state index < -0.39 is 21.5 Å². The molecule has 138 valence electrons. The molecule has 1 fully saturated rings.